The quantitative estimate of drug-likeness (QED) is 0.755. The molecule has 0 aliphatic carbocycles. The van der Waals surface area contributed by atoms with Gasteiger partial charge >= 0.3 is 7.12 Å². The zero-order chi connectivity index (χ0) is 13.7. The first-order chi connectivity index (χ1) is 8.40. The van der Waals surface area contributed by atoms with Gasteiger partial charge in [-0.1, -0.05) is 19.9 Å². The molecule has 3 nitrogen and oxygen atoms in total. The lowest BCUT2D eigenvalue weighted by atomic mass is 9.77. The minimum atomic E-state index is -1.68. The Morgan fingerprint density at radius 2 is 1.94 bits per heavy atom. The third-order valence-corrected chi connectivity index (χ3v) is 2.71. The van der Waals surface area contributed by atoms with E-state index in [0.717, 1.165) is 12.5 Å². The first-order valence-corrected chi connectivity index (χ1v) is 6.16. The summed E-state index contributed by atoms with van der Waals surface area (Å²) in [6.45, 7) is 6.45. The van der Waals surface area contributed by atoms with Crippen LogP contribution < -0.4 is 5.46 Å². The molecule has 0 bridgehead atoms. The summed E-state index contributed by atoms with van der Waals surface area (Å²) in [6.07, 6.45) is 1.01. The van der Waals surface area contributed by atoms with Gasteiger partial charge in [-0.3, -0.25) is 0 Å². The van der Waals surface area contributed by atoms with Crippen molar-refractivity contribution >= 4 is 12.6 Å². The van der Waals surface area contributed by atoms with E-state index in [1.54, 1.807) is 0 Å². The highest BCUT2D eigenvalue weighted by Crippen LogP contribution is 2.10. The van der Waals surface area contributed by atoms with E-state index in [2.05, 4.69) is 13.8 Å². The van der Waals surface area contributed by atoms with Gasteiger partial charge in [0.25, 0.3) is 0 Å². The van der Waals surface area contributed by atoms with Gasteiger partial charge in [0.2, 0.25) is 0 Å². The fraction of sp³-hybridized carbons (Fsp3) is 0.538. The summed E-state index contributed by atoms with van der Waals surface area (Å²) in [5.41, 5.74) is 0.758. The lowest BCUT2D eigenvalue weighted by molar-refractivity contribution is 0.0400. The van der Waals surface area contributed by atoms with Crippen LogP contribution in [0.15, 0.2) is 18.2 Å². The van der Waals surface area contributed by atoms with E-state index in [-0.39, 0.29) is 18.2 Å². The van der Waals surface area contributed by atoms with E-state index in [9.17, 15) is 14.4 Å². The van der Waals surface area contributed by atoms with E-state index < -0.39 is 12.9 Å². The molecule has 1 aromatic carbocycles. The Balaban J connectivity index is 2.67. The molecular formula is C13H20BFO3. The Kier molecular flexibility index (Phi) is 5.79. The predicted octanol–water partition coefficient (Wildman–Crippen LogP) is 1.46. The van der Waals surface area contributed by atoms with Gasteiger partial charge in [-0.05, 0) is 42.4 Å². The van der Waals surface area contributed by atoms with Crippen LogP contribution in [-0.2, 0) is 11.3 Å². The Hall–Kier alpha value is -0.905. The highest BCUT2D eigenvalue weighted by molar-refractivity contribution is 6.59. The molecular weight excluding hydrogens is 234 g/mol. The van der Waals surface area contributed by atoms with Crippen molar-refractivity contribution in [2.75, 3.05) is 0 Å². The Bertz CT molecular complexity index is 382. The molecule has 0 fully saturated rings. The Morgan fingerprint density at radius 3 is 2.50 bits per heavy atom. The number of benzene rings is 1. The molecule has 0 heterocycles. The average molecular weight is 254 g/mol. The summed E-state index contributed by atoms with van der Waals surface area (Å²) in [7, 11) is -1.68. The van der Waals surface area contributed by atoms with Gasteiger partial charge in [-0.15, -0.1) is 0 Å². The maximum absolute atomic E-state index is 13.0. The normalized spacial score (nSPS) is 12.8. The van der Waals surface area contributed by atoms with Crippen LogP contribution in [0, 0.1) is 11.7 Å². The van der Waals surface area contributed by atoms with Gasteiger partial charge in [-0.2, -0.15) is 0 Å². The highest BCUT2D eigenvalue weighted by Gasteiger charge is 2.17. The van der Waals surface area contributed by atoms with Crippen molar-refractivity contribution in [1.29, 1.82) is 0 Å². The standard InChI is InChI=1S/C13H20BFO3/c1-9(2)6-10(3)18-8-11-4-5-12(15)7-13(11)14(16)17/h4-5,7,9-10,16-17H,6,8H2,1-3H3. The first kappa shape index (κ1) is 15.2. The monoisotopic (exact) mass is 254 g/mol. The minimum Gasteiger partial charge on any atom is -0.423 e. The maximum Gasteiger partial charge on any atom is 0.488 e. The Labute approximate surface area is 108 Å². The summed E-state index contributed by atoms with van der Waals surface area (Å²) in [5, 5.41) is 18.3. The second kappa shape index (κ2) is 6.88. The number of halogens is 1. The molecule has 1 atom stereocenters. The van der Waals surface area contributed by atoms with Crippen LogP contribution in [0.4, 0.5) is 4.39 Å². The number of ether oxygens (including phenoxy) is 1. The van der Waals surface area contributed by atoms with Gasteiger partial charge in [0.1, 0.15) is 5.82 Å². The summed E-state index contributed by atoms with van der Waals surface area (Å²) in [5.74, 6) is 0.0493. The van der Waals surface area contributed by atoms with Crippen LogP contribution in [0.2, 0.25) is 0 Å². The maximum atomic E-state index is 13.0. The summed E-state index contributed by atoms with van der Waals surface area (Å²) < 4.78 is 18.6. The SMILES string of the molecule is CC(C)CC(C)OCc1ccc(F)cc1B(O)O. The second-order valence-electron chi connectivity index (χ2n) is 4.97. The molecule has 0 amide bonds. The molecule has 0 saturated heterocycles. The molecule has 0 radical (unpaired) electrons. The third kappa shape index (κ3) is 4.76. The van der Waals surface area contributed by atoms with E-state index >= 15 is 0 Å². The lowest BCUT2D eigenvalue weighted by Gasteiger charge is -2.16. The van der Waals surface area contributed by atoms with Crippen molar-refractivity contribution in [3.8, 4) is 0 Å². The zero-order valence-corrected chi connectivity index (χ0v) is 11.1. The largest absolute Gasteiger partial charge is 0.488 e. The van der Waals surface area contributed by atoms with Crippen LogP contribution in [0.1, 0.15) is 32.8 Å². The molecule has 0 saturated carbocycles. The molecule has 0 spiro atoms. The lowest BCUT2D eigenvalue weighted by Crippen LogP contribution is -2.34. The van der Waals surface area contributed by atoms with Crippen LogP contribution in [-0.4, -0.2) is 23.3 Å². The minimum absolute atomic E-state index is 0.0822. The van der Waals surface area contributed by atoms with Crippen molar-refractivity contribution in [1.82, 2.24) is 0 Å². The molecule has 0 aliphatic heterocycles. The number of hydrogen-bond acceptors (Lipinski definition) is 3. The molecule has 2 N–H and O–H groups in total. The van der Waals surface area contributed by atoms with Gasteiger partial charge in [0.15, 0.2) is 0 Å². The third-order valence-electron chi connectivity index (χ3n) is 2.71. The molecule has 1 aromatic rings. The van der Waals surface area contributed by atoms with Crippen molar-refractivity contribution < 1.29 is 19.2 Å². The highest BCUT2D eigenvalue weighted by atomic mass is 19.1. The number of rotatable bonds is 6. The van der Waals surface area contributed by atoms with Crippen molar-refractivity contribution in [3.63, 3.8) is 0 Å². The second-order valence-corrected chi connectivity index (χ2v) is 4.97. The van der Waals surface area contributed by atoms with Crippen LogP contribution in [0.5, 0.6) is 0 Å². The molecule has 1 rings (SSSR count). The van der Waals surface area contributed by atoms with Crippen LogP contribution in [0.25, 0.3) is 0 Å². The van der Waals surface area contributed by atoms with Gasteiger partial charge in [0, 0.05) is 0 Å². The van der Waals surface area contributed by atoms with Crippen LogP contribution in [0.3, 0.4) is 0 Å². The Morgan fingerprint density at radius 1 is 1.28 bits per heavy atom. The first-order valence-electron chi connectivity index (χ1n) is 6.16. The molecule has 1 unspecified atom stereocenters. The van der Waals surface area contributed by atoms with Crippen molar-refractivity contribution in [2.45, 2.75) is 39.9 Å². The average Bonchev–Trinajstić information content (AvgIpc) is 2.26. The molecule has 0 aromatic heterocycles. The molecule has 100 valence electrons. The fourth-order valence-electron chi connectivity index (χ4n) is 1.90. The molecule has 18 heavy (non-hydrogen) atoms. The van der Waals surface area contributed by atoms with E-state index in [0.29, 0.717) is 11.5 Å². The molecule has 5 heteroatoms. The van der Waals surface area contributed by atoms with Gasteiger partial charge in [0.05, 0.1) is 12.7 Å². The predicted molar refractivity (Wildman–Crippen MR) is 69.9 cm³/mol. The summed E-state index contributed by atoms with van der Waals surface area (Å²) >= 11 is 0. The van der Waals surface area contributed by atoms with Gasteiger partial charge in [-0.25, -0.2) is 4.39 Å². The summed E-state index contributed by atoms with van der Waals surface area (Å²) in [4.78, 5) is 0. The van der Waals surface area contributed by atoms with Crippen LogP contribution >= 0.6 is 0 Å². The van der Waals surface area contributed by atoms with E-state index in [1.165, 1.54) is 12.1 Å². The fourth-order valence-corrected chi connectivity index (χ4v) is 1.90. The van der Waals surface area contributed by atoms with E-state index in [4.69, 9.17) is 4.74 Å². The molecule has 0 aliphatic rings. The zero-order valence-electron chi connectivity index (χ0n) is 11.1. The van der Waals surface area contributed by atoms with Crippen molar-refractivity contribution in [3.05, 3.63) is 29.6 Å². The van der Waals surface area contributed by atoms with E-state index in [1.807, 2.05) is 6.92 Å². The van der Waals surface area contributed by atoms with Crippen molar-refractivity contribution in [2.24, 2.45) is 5.92 Å². The summed E-state index contributed by atoms with van der Waals surface area (Å²) in [6, 6.07) is 3.93. The van der Waals surface area contributed by atoms with Gasteiger partial charge < -0.3 is 14.8 Å². The smallest absolute Gasteiger partial charge is 0.423 e. The number of hydrogen-bond donors (Lipinski definition) is 2. The topological polar surface area (TPSA) is 49.7 Å².